The van der Waals surface area contributed by atoms with Gasteiger partial charge in [-0.25, -0.2) is 8.78 Å². The molecule has 0 aliphatic heterocycles. The van der Waals surface area contributed by atoms with Crippen LogP contribution in [0.2, 0.25) is 0 Å². The quantitative estimate of drug-likeness (QED) is 0.672. The number of ether oxygens (including phenoxy) is 1. The van der Waals surface area contributed by atoms with Crippen molar-refractivity contribution in [2.24, 2.45) is 0 Å². The molecule has 68 valence electrons. The van der Waals surface area contributed by atoms with Crippen LogP contribution in [0.5, 0.6) is 0 Å². The Morgan fingerprint density at radius 3 is 2.36 bits per heavy atom. The highest BCUT2D eigenvalue weighted by Crippen LogP contribution is 2.04. The average molecular weight is 168 g/mol. The second-order valence-electron chi connectivity index (χ2n) is 2.41. The van der Waals surface area contributed by atoms with E-state index in [0.29, 0.717) is 6.42 Å². The molecule has 0 radical (unpaired) electrons. The van der Waals surface area contributed by atoms with Gasteiger partial charge < -0.3 is 9.84 Å². The molecule has 0 saturated heterocycles. The molecule has 0 aliphatic rings. The summed E-state index contributed by atoms with van der Waals surface area (Å²) in [5.74, 6) is 0. The minimum absolute atomic E-state index is 0.506. The van der Waals surface area contributed by atoms with Gasteiger partial charge in [-0.2, -0.15) is 0 Å². The van der Waals surface area contributed by atoms with E-state index in [-0.39, 0.29) is 0 Å². The van der Waals surface area contributed by atoms with Crippen molar-refractivity contribution in [3.63, 3.8) is 0 Å². The topological polar surface area (TPSA) is 29.5 Å². The molecule has 11 heavy (non-hydrogen) atoms. The van der Waals surface area contributed by atoms with E-state index in [1.165, 1.54) is 0 Å². The average Bonchev–Trinajstić information content (AvgIpc) is 1.98. The second kappa shape index (κ2) is 5.43. The zero-order chi connectivity index (χ0) is 8.85. The first kappa shape index (κ1) is 10.8. The summed E-state index contributed by atoms with van der Waals surface area (Å²) >= 11 is 0. The summed E-state index contributed by atoms with van der Waals surface area (Å²) in [6, 6.07) is 0. The number of aliphatic hydroxyl groups excluding tert-OH is 1. The Morgan fingerprint density at radius 1 is 1.45 bits per heavy atom. The molecule has 0 rings (SSSR count). The predicted octanol–water partition coefficient (Wildman–Crippen LogP) is 1.43. The van der Waals surface area contributed by atoms with Crippen molar-refractivity contribution in [1.29, 1.82) is 0 Å². The summed E-state index contributed by atoms with van der Waals surface area (Å²) in [6.07, 6.45) is -3.09. The largest absolute Gasteiger partial charge is 0.390 e. The molecule has 2 unspecified atom stereocenters. The number of aliphatic hydroxyl groups is 1. The maximum absolute atomic E-state index is 11.6. The molecule has 0 aromatic carbocycles. The number of rotatable bonds is 5. The van der Waals surface area contributed by atoms with Gasteiger partial charge in [0.05, 0.1) is 12.2 Å². The number of hydrogen-bond donors (Lipinski definition) is 1. The van der Waals surface area contributed by atoms with E-state index in [1.54, 1.807) is 13.8 Å². The molecule has 0 aliphatic carbocycles. The van der Waals surface area contributed by atoms with Gasteiger partial charge in [-0.1, -0.05) is 6.92 Å². The van der Waals surface area contributed by atoms with Crippen molar-refractivity contribution in [1.82, 2.24) is 0 Å². The number of alkyl halides is 2. The molecule has 0 fully saturated rings. The summed E-state index contributed by atoms with van der Waals surface area (Å²) in [5.41, 5.74) is 0. The Labute approximate surface area is 65.2 Å². The van der Waals surface area contributed by atoms with Gasteiger partial charge in [0.25, 0.3) is 6.43 Å². The first-order chi connectivity index (χ1) is 5.07. The van der Waals surface area contributed by atoms with E-state index in [9.17, 15) is 8.78 Å². The van der Waals surface area contributed by atoms with Crippen molar-refractivity contribution < 1.29 is 18.6 Å². The predicted molar refractivity (Wildman–Crippen MR) is 37.7 cm³/mol. The van der Waals surface area contributed by atoms with Gasteiger partial charge in [0.2, 0.25) is 0 Å². The molecule has 0 heterocycles. The molecular formula is C7H14F2O2. The van der Waals surface area contributed by atoms with Gasteiger partial charge in [-0.15, -0.1) is 0 Å². The SMILES string of the molecule is CCC(O)C(C)OCC(F)F. The van der Waals surface area contributed by atoms with Crippen LogP contribution in [0.3, 0.4) is 0 Å². The molecule has 0 aromatic rings. The first-order valence-corrected chi connectivity index (χ1v) is 3.65. The smallest absolute Gasteiger partial charge is 0.261 e. The van der Waals surface area contributed by atoms with Gasteiger partial charge in [-0.3, -0.25) is 0 Å². The first-order valence-electron chi connectivity index (χ1n) is 3.65. The minimum Gasteiger partial charge on any atom is -0.390 e. The van der Waals surface area contributed by atoms with E-state index >= 15 is 0 Å². The van der Waals surface area contributed by atoms with Crippen LogP contribution < -0.4 is 0 Å². The Balaban J connectivity index is 3.43. The lowest BCUT2D eigenvalue weighted by atomic mass is 10.2. The lowest BCUT2D eigenvalue weighted by molar-refractivity contribution is -0.0669. The molecule has 0 amide bonds. The maximum atomic E-state index is 11.6. The van der Waals surface area contributed by atoms with Gasteiger partial charge in [0.15, 0.2) is 0 Å². The fraction of sp³-hybridized carbons (Fsp3) is 1.00. The monoisotopic (exact) mass is 168 g/mol. The van der Waals surface area contributed by atoms with E-state index in [1.807, 2.05) is 0 Å². The Bertz CT molecular complexity index is 98.4. The van der Waals surface area contributed by atoms with Gasteiger partial charge in [-0.05, 0) is 13.3 Å². The fourth-order valence-electron chi connectivity index (χ4n) is 0.668. The van der Waals surface area contributed by atoms with Gasteiger partial charge in [0, 0.05) is 0 Å². The Kier molecular flexibility index (Phi) is 5.32. The van der Waals surface area contributed by atoms with Crippen molar-refractivity contribution in [2.45, 2.75) is 38.9 Å². The molecule has 1 N–H and O–H groups in total. The van der Waals surface area contributed by atoms with Crippen LogP contribution in [0, 0.1) is 0 Å². The van der Waals surface area contributed by atoms with E-state index < -0.39 is 25.2 Å². The third kappa shape index (κ3) is 5.09. The minimum atomic E-state index is -2.46. The summed E-state index contributed by atoms with van der Waals surface area (Å²) in [6.45, 7) is 2.75. The zero-order valence-corrected chi connectivity index (χ0v) is 6.76. The molecular weight excluding hydrogens is 154 g/mol. The highest BCUT2D eigenvalue weighted by atomic mass is 19.3. The number of halogens is 2. The summed E-state index contributed by atoms with van der Waals surface area (Å²) in [4.78, 5) is 0. The zero-order valence-electron chi connectivity index (χ0n) is 6.76. The molecule has 2 nitrogen and oxygen atoms in total. The van der Waals surface area contributed by atoms with Crippen LogP contribution in [0.4, 0.5) is 8.78 Å². The van der Waals surface area contributed by atoms with E-state index in [2.05, 4.69) is 4.74 Å². The number of hydrogen-bond acceptors (Lipinski definition) is 2. The van der Waals surface area contributed by atoms with Gasteiger partial charge in [0.1, 0.15) is 6.61 Å². The highest BCUT2D eigenvalue weighted by molar-refractivity contribution is 4.61. The summed E-state index contributed by atoms with van der Waals surface area (Å²) in [7, 11) is 0. The van der Waals surface area contributed by atoms with Crippen LogP contribution in [0.25, 0.3) is 0 Å². The van der Waals surface area contributed by atoms with Crippen LogP contribution in [0.1, 0.15) is 20.3 Å². The molecule has 2 atom stereocenters. The normalized spacial score (nSPS) is 16.9. The summed E-state index contributed by atoms with van der Waals surface area (Å²) in [5, 5.41) is 9.07. The summed E-state index contributed by atoms with van der Waals surface area (Å²) < 4.78 is 27.8. The van der Waals surface area contributed by atoms with Crippen LogP contribution in [-0.2, 0) is 4.74 Å². The third-order valence-electron chi connectivity index (χ3n) is 1.45. The van der Waals surface area contributed by atoms with E-state index in [4.69, 9.17) is 5.11 Å². The molecule has 0 aromatic heterocycles. The van der Waals surface area contributed by atoms with Crippen molar-refractivity contribution in [3.05, 3.63) is 0 Å². The highest BCUT2D eigenvalue weighted by Gasteiger charge is 2.14. The Morgan fingerprint density at radius 2 is 2.00 bits per heavy atom. The van der Waals surface area contributed by atoms with Crippen molar-refractivity contribution in [3.8, 4) is 0 Å². The lowest BCUT2D eigenvalue weighted by Crippen LogP contribution is -2.27. The lowest BCUT2D eigenvalue weighted by Gasteiger charge is -2.17. The maximum Gasteiger partial charge on any atom is 0.261 e. The molecule has 4 heteroatoms. The van der Waals surface area contributed by atoms with Crippen LogP contribution >= 0.6 is 0 Å². The second-order valence-corrected chi connectivity index (χ2v) is 2.41. The van der Waals surface area contributed by atoms with Crippen LogP contribution in [0.15, 0.2) is 0 Å². The third-order valence-corrected chi connectivity index (χ3v) is 1.45. The Hall–Kier alpha value is -0.220. The van der Waals surface area contributed by atoms with Crippen molar-refractivity contribution in [2.75, 3.05) is 6.61 Å². The standard InChI is InChI=1S/C7H14F2O2/c1-3-6(10)5(2)11-4-7(8)9/h5-7,10H,3-4H2,1-2H3. The van der Waals surface area contributed by atoms with Crippen molar-refractivity contribution >= 4 is 0 Å². The van der Waals surface area contributed by atoms with Gasteiger partial charge >= 0.3 is 0 Å². The van der Waals surface area contributed by atoms with E-state index in [0.717, 1.165) is 0 Å². The molecule has 0 saturated carbocycles. The van der Waals surface area contributed by atoms with Crippen LogP contribution in [-0.4, -0.2) is 30.3 Å². The molecule has 0 bridgehead atoms. The fourth-order valence-corrected chi connectivity index (χ4v) is 0.668. The molecule has 0 spiro atoms.